The smallest absolute Gasteiger partial charge is 0.122 e. The van der Waals surface area contributed by atoms with E-state index < -0.39 is 0 Å². The molecule has 0 bridgehead atoms. The summed E-state index contributed by atoms with van der Waals surface area (Å²) in [4.78, 5) is 0. The maximum Gasteiger partial charge on any atom is 0.122 e. The number of hydrogen-bond acceptors (Lipinski definition) is 2. The lowest BCUT2D eigenvalue weighted by molar-refractivity contribution is 0.439. The van der Waals surface area contributed by atoms with Crippen LogP contribution >= 0.6 is 0 Å². The normalized spacial score (nSPS) is 10.0. The van der Waals surface area contributed by atoms with Crippen LogP contribution in [-0.2, 0) is 6.42 Å². The summed E-state index contributed by atoms with van der Waals surface area (Å²) in [5.41, 5.74) is 1.49. The highest BCUT2D eigenvalue weighted by Gasteiger charge is 2.04. The van der Waals surface area contributed by atoms with Gasteiger partial charge in [-0.3, -0.25) is 0 Å². The van der Waals surface area contributed by atoms with Gasteiger partial charge in [-0.25, -0.2) is 0 Å². The van der Waals surface area contributed by atoms with Crippen molar-refractivity contribution in [1.29, 1.82) is 0 Å². The van der Waals surface area contributed by atoms with Crippen molar-refractivity contribution in [3.8, 4) is 11.5 Å². The van der Waals surface area contributed by atoms with E-state index in [9.17, 15) is 10.2 Å². The number of phenolic OH excluding ortho intramolecular Hbond substituents is 2. The van der Waals surface area contributed by atoms with Crippen molar-refractivity contribution >= 4 is 0 Å². The van der Waals surface area contributed by atoms with Crippen molar-refractivity contribution in [3.05, 3.63) is 23.3 Å². The minimum atomic E-state index is 0.185. The first-order valence-corrected chi connectivity index (χ1v) is 3.66. The molecule has 1 aromatic carbocycles. The zero-order chi connectivity index (χ0) is 8.43. The maximum atomic E-state index is 9.31. The number of benzene rings is 1. The molecular formula is C9H12O2. The molecule has 0 spiro atoms. The molecular weight excluding hydrogens is 140 g/mol. The van der Waals surface area contributed by atoms with Crippen LogP contribution in [-0.4, -0.2) is 10.2 Å². The Hall–Kier alpha value is -1.18. The Bertz CT molecular complexity index is 243. The van der Waals surface area contributed by atoms with Gasteiger partial charge in [0, 0.05) is 5.56 Å². The van der Waals surface area contributed by atoms with Gasteiger partial charge in [0.15, 0.2) is 0 Å². The van der Waals surface area contributed by atoms with E-state index >= 15 is 0 Å². The van der Waals surface area contributed by atoms with Crippen molar-refractivity contribution in [2.75, 3.05) is 0 Å². The molecule has 1 rings (SSSR count). The SMILES string of the molecule is CCc1c(O)cc(C)cc1O. The number of rotatable bonds is 1. The molecule has 2 N–H and O–H groups in total. The largest absolute Gasteiger partial charge is 0.508 e. The molecule has 0 fully saturated rings. The summed E-state index contributed by atoms with van der Waals surface area (Å²) < 4.78 is 0. The van der Waals surface area contributed by atoms with Crippen molar-refractivity contribution in [1.82, 2.24) is 0 Å². The number of phenols is 2. The Kier molecular flexibility index (Phi) is 2.03. The number of hydrogen-bond donors (Lipinski definition) is 2. The summed E-state index contributed by atoms with van der Waals surface area (Å²) in [5.74, 6) is 0.370. The average Bonchev–Trinajstić information content (AvgIpc) is 1.85. The summed E-state index contributed by atoms with van der Waals surface area (Å²) in [6.45, 7) is 3.73. The lowest BCUT2D eigenvalue weighted by Gasteiger charge is -2.05. The molecule has 2 nitrogen and oxygen atoms in total. The minimum absolute atomic E-state index is 0.185. The van der Waals surface area contributed by atoms with E-state index in [0.717, 1.165) is 5.56 Å². The molecule has 2 heteroatoms. The second-order valence-corrected chi connectivity index (χ2v) is 2.64. The second-order valence-electron chi connectivity index (χ2n) is 2.64. The summed E-state index contributed by atoms with van der Waals surface area (Å²) in [6, 6.07) is 3.30. The second kappa shape index (κ2) is 2.82. The minimum Gasteiger partial charge on any atom is -0.508 e. The Morgan fingerprint density at radius 2 is 1.64 bits per heavy atom. The molecule has 0 radical (unpaired) electrons. The van der Waals surface area contributed by atoms with E-state index in [4.69, 9.17) is 0 Å². The topological polar surface area (TPSA) is 40.5 Å². The van der Waals surface area contributed by atoms with Gasteiger partial charge in [-0.2, -0.15) is 0 Å². The van der Waals surface area contributed by atoms with Crippen molar-refractivity contribution in [2.24, 2.45) is 0 Å². The first-order chi connectivity index (χ1) is 5.15. The first-order valence-electron chi connectivity index (χ1n) is 3.66. The highest BCUT2D eigenvalue weighted by atomic mass is 16.3. The van der Waals surface area contributed by atoms with Gasteiger partial charge < -0.3 is 10.2 Å². The Balaban J connectivity index is 3.25. The van der Waals surface area contributed by atoms with Crippen molar-refractivity contribution < 1.29 is 10.2 Å². The quantitative estimate of drug-likeness (QED) is 0.645. The predicted molar refractivity (Wildman–Crippen MR) is 43.9 cm³/mol. The van der Waals surface area contributed by atoms with Crippen LogP contribution in [0.4, 0.5) is 0 Å². The number of aromatic hydroxyl groups is 2. The van der Waals surface area contributed by atoms with Crippen LogP contribution in [0, 0.1) is 6.92 Å². The first kappa shape index (κ1) is 7.92. The van der Waals surface area contributed by atoms with Crippen molar-refractivity contribution in [3.63, 3.8) is 0 Å². The molecule has 0 aliphatic heterocycles. The lowest BCUT2D eigenvalue weighted by Crippen LogP contribution is -1.84. The highest BCUT2D eigenvalue weighted by molar-refractivity contribution is 5.45. The van der Waals surface area contributed by atoms with E-state index in [1.165, 1.54) is 0 Å². The van der Waals surface area contributed by atoms with Crippen LogP contribution in [0.1, 0.15) is 18.1 Å². The molecule has 11 heavy (non-hydrogen) atoms. The van der Waals surface area contributed by atoms with Gasteiger partial charge in [0.05, 0.1) is 0 Å². The van der Waals surface area contributed by atoms with Crippen LogP contribution in [0.5, 0.6) is 11.5 Å². The standard InChI is InChI=1S/C9H12O2/c1-3-7-8(10)4-6(2)5-9(7)11/h4-5,10-11H,3H2,1-2H3. The summed E-state index contributed by atoms with van der Waals surface area (Å²) in [5, 5.41) is 18.6. The molecule has 0 aliphatic rings. The van der Waals surface area contributed by atoms with E-state index in [2.05, 4.69) is 0 Å². The fourth-order valence-electron chi connectivity index (χ4n) is 1.14. The molecule has 0 aliphatic carbocycles. The summed E-state index contributed by atoms with van der Waals surface area (Å²) in [7, 11) is 0. The molecule has 0 aromatic heterocycles. The van der Waals surface area contributed by atoms with Crippen LogP contribution in [0.2, 0.25) is 0 Å². The van der Waals surface area contributed by atoms with Crippen LogP contribution in [0.3, 0.4) is 0 Å². The monoisotopic (exact) mass is 152 g/mol. The molecule has 0 amide bonds. The lowest BCUT2D eigenvalue weighted by atomic mass is 10.1. The van der Waals surface area contributed by atoms with E-state index in [-0.39, 0.29) is 11.5 Å². The molecule has 0 saturated carbocycles. The Morgan fingerprint density at radius 3 is 2.00 bits per heavy atom. The van der Waals surface area contributed by atoms with Gasteiger partial charge in [-0.05, 0) is 31.0 Å². The third-order valence-corrected chi connectivity index (χ3v) is 1.70. The fraction of sp³-hybridized carbons (Fsp3) is 0.333. The van der Waals surface area contributed by atoms with Crippen molar-refractivity contribution in [2.45, 2.75) is 20.3 Å². The maximum absolute atomic E-state index is 9.31. The van der Waals surface area contributed by atoms with Gasteiger partial charge in [-0.1, -0.05) is 6.92 Å². The van der Waals surface area contributed by atoms with Gasteiger partial charge in [-0.15, -0.1) is 0 Å². The van der Waals surface area contributed by atoms with E-state index in [1.54, 1.807) is 12.1 Å². The average molecular weight is 152 g/mol. The van der Waals surface area contributed by atoms with E-state index in [0.29, 0.717) is 12.0 Å². The molecule has 60 valence electrons. The molecule has 0 unspecified atom stereocenters. The van der Waals surface area contributed by atoms with Gasteiger partial charge in [0.1, 0.15) is 11.5 Å². The summed E-state index contributed by atoms with van der Waals surface area (Å²) >= 11 is 0. The highest BCUT2D eigenvalue weighted by Crippen LogP contribution is 2.28. The Labute approximate surface area is 66.1 Å². The molecule has 0 saturated heterocycles. The molecule has 1 aromatic rings. The van der Waals surface area contributed by atoms with Crippen LogP contribution in [0.25, 0.3) is 0 Å². The predicted octanol–water partition coefficient (Wildman–Crippen LogP) is 1.97. The van der Waals surface area contributed by atoms with Gasteiger partial charge in [0.2, 0.25) is 0 Å². The number of aryl methyl sites for hydroxylation is 1. The van der Waals surface area contributed by atoms with Gasteiger partial charge in [0.25, 0.3) is 0 Å². The van der Waals surface area contributed by atoms with Gasteiger partial charge >= 0.3 is 0 Å². The molecule has 0 heterocycles. The fourth-order valence-corrected chi connectivity index (χ4v) is 1.14. The zero-order valence-electron chi connectivity index (χ0n) is 6.76. The van der Waals surface area contributed by atoms with E-state index in [1.807, 2.05) is 13.8 Å². The Morgan fingerprint density at radius 1 is 1.18 bits per heavy atom. The van der Waals surface area contributed by atoms with Crippen LogP contribution in [0.15, 0.2) is 12.1 Å². The molecule has 0 atom stereocenters. The van der Waals surface area contributed by atoms with Crippen LogP contribution < -0.4 is 0 Å². The zero-order valence-corrected chi connectivity index (χ0v) is 6.76. The third-order valence-electron chi connectivity index (χ3n) is 1.70. The summed E-state index contributed by atoms with van der Waals surface area (Å²) in [6.07, 6.45) is 0.651. The third kappa shape index (κ3) is 1.45.